The molecule has 1 aromatic heterocycles. The molecule has 1 aromatic rings. The molecule has 0 radical (unpaired) electrons. The van der Waals surface area contributed by atoms with Crippen LogP contribution in [0.5, 0.6) is 5.75 Å². The molecule has 0 spiro atoms. The van der Waals surface area contributed by atoms with Crippen LogP contribution in [0, 0.1) is 24.7 Å². The molecule has 2 N–H and O–H groups in total. The van der Waals surface area contributed by atoms with Gasteiger partial charge in [-0.25, -0.2) is 0 Å². The third-order valence-corrected chi connectivity index (χ3v) is 4.44. The van der Waals surface area contributed by atoms with Gasteiger partial charge in [0.25, 0.3) is 0 Å². The smallest absolute Gasteiger partial charge is 0.224 e. The molecule has 2 heterocycles. The van der Waals surface area contributed by atoms with Crippen LogP contribution in [0.4, 0.5) is 0 Å². The summed E-state index contributed by atoms with van der Waals surface area (Å²) >= 11 is 0. The molecule has 114 valence electrons. The highest BCUT2D eigenvalue weighted by Gasteiger charge is 2.57. The highest BCUT2D eigenvalue weighted by molar-refractivity contribution is 5.83. The summed E-state index contributed by atoms with van der Waals surface area (Å²) in [5, 5.41) is 6.44. The first kappa shape index (κ1) is 14.3. The van der Waals surface area contributed by atoms with Crippen LogP contribution in [0.25, 0.3) is 0 Å². The molecule has 2 atom stereocenters. The summed E-state index contributed by atoms with van der Waals surface area (Å²) in [6, 6.07) is 1.92. The topological polar surface area (TPSA) is 63.2 Å². The average Bonchev–Trinajstić information content (AvgIpc) is 2.92. The number of pyridine rings is 1. The molecular formula is C16H23N3O2. The van der Waals surface area contributed by atoms with E-state index >= 15 is 0 Å². The minimum Gasteiger partial charge on any atom is -0.489 e. The minimum atomic E-state index is -0.385. The molecular weight excluding hydrogens is 266 g/mol. The van der Waals surface area contributed by atoms with Crippen LogP contribution in [0.3, 0.4) is 0 Å². The molecule has 5 nitrogen and oxygen atoms in total. The minimum absolute atomic E-state index is 0.169. The maximum absolute atomic E-state index is 12.3. The van der Waals surface area contributed by atoms with Crippen LogP contribution in [0.1, 0.15) is 19.4 Å². The molecule has 2 unspecified atom stereocenters. The summed E-state index contributed by atoms with van der Waals surface area (Å²) in [5.74, 6) is 2.23. The van der Waals surface area contributed by atoms with E-state index in [2.05, 4.69) is 15.6 Å². The molecule has 3 rings (SSSR count). The van der Waals surface area contributed by atoms with Crippen LogP contribution in [0.2, 0.25) is 0 Å². The van der Waals surface area contributed by atoms with E-state index in [0.717, 1.165) is 24.4 Å². The number of ether oxygens (including phenoxy) is 1. The third-order valence-electron chi connectivity index (χ3n) is 4.44. The van der Waals surface area contributed by atoms with Crippen LogP contribution < -0.4 is 15.4 Å². The van der Waals surface area contributed by atoms with E-state index in [1.807, 2.05) is 26.8 Å². The number of nitrogens with zero attached hydrogens (tertiary/aromatic N) is 1. The van der Waals surface area contributed by atoms with Crippen molar-refractivity contribution in [3.05, 3.63) is 24.0 Å². The second kappa shape index (κ2) is 5.30. The van der Waals surface area contributed by atoms with Crippen molar-refractivity contribution in [3.8, 4) is 5.75 Å². The van der Waals surface area contributed by atoms with Crippen molar-refractivity contribution in [3.63, 3.8) is 0 Å². The lowest BCUT2D eigenvalue weighted by molar-refractivity contribution is -0.125. The van der Waals surface area contributed by atoms with Crippen LogP contribution in [-0.4, -0.2) is 36.1 Å². The van der Waals surface area contributed by atoms with Gasteiger partial charge in [-0.05, 0) is 57.3 Å². The Labute approximate surface area is 125 Å². The second-order valence-corrected chi connectivity index (χ2v) is 6.81. The van der Waals surface area contributed by atoms with Crippen molar-refractivity contribution >= 4 is 5.91 Å². The van der Waals surface area contributed by atoms with Gasteiger partial charge in [-0.2, -0.15) is 0 Å². The number of aromatic nitrogens is 1. The fourth-order valence-electron chi connectivity index (χ4n) is 3.12. The highest BCUT2D eigenvalue weighted by Crippen LogP contribution is 2.48. The van der Waals surface area contributed by atoms with Gasteiger partial charge in [-0.15, -0.1) is 0 Å². The van der Waals surface area contributed by atoms with Crippen molar-refractivity contribution in [2.45, 2.75) is 26.3 Å². The molecule has 1 saturated heterocycles. The van der Waals surface area contributed by atoms with Crippen molar-refractivity contribution in [2.75, 3.05) is 19.7 Å². The lowest BCUT2D eigenvalue weighted by Gasteiger charge is -2.27. The Balaban J connectivity index is 1.52. The van der Waals surface area contributed by atoms with Gasteiger partial charge in [-0.1, -0.05) is 0 Å². The number of rotatable bonds is 5. The monoisotopic (exact) mass is 289 g/mol. The number of carbonyl (C=O) groups is 1. The number of piperidine rings is 1. The molecule has 0 aromatic carbocycles. The molecule has 1 saturated carbocycles. The molecule has 2 fully saturated rings. The average molecular weight is 289 g/mol. The number of fused-ring (bicyclic) bond motifs is 1. The van der Waals surface area contributed by atoms with Gasteiger partial charge in [0, 0.05) is 12.1 Å². The SMILES string of the molecule is Cc1ccncc1OCC(C)(C)NC(=O)C1C2CNCC21. The Morgan fingerprint density at radius 1 is 1.48 bits per heavy atom. The zero-order valence-corrected chi connectivity index (χ0v) is 12.8. The van der Waals surface area contributed by atoms with Gasteiger partial charge in [0.2, 0.25) is 5.91 Å². The standard InChI is InChI=1S/C16H23N3O2/c1-10-4-5-17-8-13(10)21-9-16(2,3)19-15(20)14-11-6-18-7-12(11)14/h4-5,8,11-12,14,18H,6-7,9H2,1-3H3,(H,19,20). The number of hydrogen-bond donors (Lipinski definition) is 2. The Bertz CT molecular complexity index is 534. The van der Waals surface area contributed by atoms with Gasteiger partial charge in [0.05, 0.1) is 11.7 Å². The first-order chi connectivity index (χ1) is 9.98. The van der Waals surface area contributed by atoms with Crippen molar-refractivity contribution in [1.82, 2.24) is 15.6 Å². The Kier molecular flexibility index (Phi) is 3.61. The quantitative estimate of drug-likeness (QED) is 0.853. The Morgan fingerprint density at radius 3 is 2.86 bits per heavy atom. The first-order valence-corrected chi connectivity index (χ1v) is 7.54. The Morgan fingerprint density at radius 2 is 2.19 bits per heavy atom. The lowest BCUT2D eigenvalue weighted by Crippen LogP contribution is -2.49. The number of aryl methyl sites for hydroxylation is 1. The lowest BCUT2D eigenvalue weighted by atomic mass is 10.1. The van der Waals surface area contributed by atoms with E-state index in [-0.39, 0.29) is 17.4 Å². The van der Waals surface area contributed by atoms with E-state index in [0.29, 0.717) is 18.4 Å². The van der Waals surface area contributed by atoms with E-state index in [1.54, 1.807) is 12.4 Å². The zero-order chi connectivity index (χ0) is 15.0. The molecule has 1 aliphatic carbocycles. The van der Waals surface area contributed by atoms with Crippen LogP contribution in [0.15, 0.2) is 18.5 Å². The first-order valence-electron chi connectivity index (χ1n) is 7.54. The fourth-order valence-corrected chi connectivity index (χ4v) is 3.12. The fraction of sp³-hybridized carbons (Fsp3) is 0.625. The van der Waals surface area contributed by atoms with E-state index < -0.39 is 0 Å². The maximum Gasteiger partial charge on any atom is 0.224 e. The summed E-state index contributed by atoms with van der Waals surface area (Å²) < 4.78 is 5.81. The summed E-state index contributed by atoms with van der Waals surface area (Å²) in [6.45, 7) is 8.37. The number of hydrogen-bond acceptors (Lipinski definition) is 4. The van der Waals surface area contributed by atoms with Crippen LogP contribution in [-0.2, 0) is 4.79 Å². The molecule has 1 aliphatic heterocycles. The molecule has 1 amide bonds. The number of amides is 1. The summed E-state index contributed by atoms with van der Waals surface area (Å²) in [4.78, 5) is 16.4. The van der Waals surface area contributed by atoms with Gasteiger partial charge < -0.3 is 15.4 Å². The van der Waals surface area contributed by atoms with Crippen molar-refractivity contribution < 1.29 is 9.53 Å². The summed E-state index contributed by atoms with van der Waals surface area (Å²) in [6.07, 6.45) is 3.46. The highest BCUT2D eigenvalue weighted by atomic mass is 16.5. The van der Waals surface area contributed by atoms with Gasteiger partial charge in [0.1, 0.15) is 12.4 Å². The predicted octanol–water partition coefficient (Wildman–Crippen LogP) is 1.13. The van der Waals surface area contributed by atoms with Crippen molar-refractivity contribution in [1.29, 1.82) is 0 Å². The second-order valence-electron chi connectivity index (χ2n) is 6.81. The van der Waals surface area contributed by atoms with Gasteiger partial charge >= 0.3 is 0 Å². The largest absolute Gasteiger partial charge is 0.489 e. The Hall–Kier alpha value is -1.62. The molecule has 2 aliphatic rings. The van der Waals surface area contributed by atoms with E-state index in [4.69, 9.17) is 4.74 Å². The third kappa shape index (κ3) is 3.02. The molecule has 0 bridgehead atoms. The summed E-state index contributed by atoms with van der Waals surface area (Å²) in [7, 11) is 0. The van der Waals surface area contributed by atoms with Crippen molar-refractivity contribution in [2.24, 2.45) is 17.8 Å². The maximum atomic E-state index is 12.3. The number of nitrogens with one attached hydrogen (secondary N) is 2. The number of carbonyl (C=O) groups excluding carboxylic acids is 1. The summed E-state index contributed by atoms with van der Waals surface area (Å²) in [5.41, 5.74) is 0.666. The predicted molar refractivity (Wildman–Crippen MR) is 80.0 cm³/mol. The zero-order valence-electron chi connectivity index (χ0n) is 12.8. The van der Waals surface area contributed by atoms with Crippen LogP contribution >= 0.6 is 0 Å². The van der Waals surface area contributed by atoms with Gasteiger partial charge in [-0.3, -0.25) is 9.78 Å². The van der Waals surface area contributed by atoms with E-state index in [1.165, 1.54) is 0 Å². The normalized spacial score (nSPS) is 27.1. The molecule has 5 heteroatoms. The molecule has 21 heavy (non-hydrogen) atoms. The van der Waals surface area contributed by atoms with E-state index in [9.17, 15) is 4.79 Å². The van der Waals surface area contributed by atoms with Gasteiger partial charge in [0.15, 0.2) is 0 Å².